The molecule has 114 valence electrons. The lowest BCUT2D eigenvalue weighted by molar-refractivity contribution is 0.0553. The van der Waals surface area contributed by atoms with Gasteiger partial charge in [-0.15, -0.1) is 11.3 Å². The van der Waals surface area contributed by atoms with Crippen molar-refractivity contribution in [2.45, 2.75) is 38.3 Å². The average molecular weight is 313 g/mol. The van der Waals surface area contributed by atoms with E-state index in [9.17, 15) is 9.90 Å². The average Bonchev–Trinajstić information content (AvgIpc) is 2.98. The van der Waals surface area contributed by atoms with Crippen molar-refractivity contribution in [2.24, 2.45) is 0 Å². The number of carbonyl (C=O) groups is 1. The molecule has 22 heavy (non-hydrogen) atoms. The Labute approximate surface area is 134 Å². The van der Waals surface area contributed by atoms with Crippen molar-refractivity contribution >= 4 is 17.2 Å². The number of hydrogen-bond donors (Lipinski definition) is 1. The largest absolute Gasteiger partial charge is 0.387 e. The third-order valence-electron chi connectivity index (χ3n) is 4.75. The summed E-state index contributed by atoms with van der Waals surface area (Å²) in [7, 11) is 0. The number of thiophene rings is 1. The van der Waals surface area contributed by atoms with Gasteiger partial charge in [-0.2, -0.15) is 0 Å². The first kappa shape index (κ1) is 14.0. The van der Waals surface area contributed by atoms with Crippen LogP contribution in [0, 0.1) is 0 Å². The Morgan fingerprint density at radius 3 is 2.91 bits per heavy atom. The third kappa shape index (κ3) is 2.27. The minimum Gasteiger partial charge on any atom is -0.387 e. The quantitative estimate of drug-likeness (QED) is 0.877. The highest BCUT2D eigenvalue weighted by Crippen LogP contribution is 2.33. The SMILES string of the molecule is O=C(c1scc2c1CCCC2)N1Cc2ccccc2C(O)C1. The summed E-state index contributed by atoms with van der Waals surface area (Å²) >= 11 is 1.58. The fourth-order valence-corrected chi connectivity index (χ4v) is 4.70. The Morgan fingerprint density at radius 1 is 1.18 bits per heavy atom. The first-order chi connectivity index (χ1) is 10.7. The maximum Gasteiger partial charge on any atom is 0.264 e. The zero-order valence-electron chi connectivity index (χ0n) is 12.4. The second-order valence-electron chi connectivity index (χ2n) is 6.18. The van der Waals surface area contributed by atoms with Crippen LogP contribution >= 0.6 is 11.3 Å². The fourth-order valence-electron chi connectivity index (χ4n) is 3.58. The lowest BCUT2D eigenvalue weighted by Gasteiger charge is -2.32. The van der Waals surface area contributed by atoms with Crippen LogP contribution in [-0.4, -0.2) is 22.5 Å². The van der Waals surface area contributed by atoms with Gasteiger partial charge in [0.1, 0.15) is 0 Å². The molecule has 2 aromatic rings. The first-order valence-electron chi connectivity index (χ1n) is 7.88. The van der Waals surface area contributed by atoms with Gasteiger partial charge in [0, 0.05) is 6.54 Å². The molecule has 1 aromatic heterocycles. The van der Waals surface area contributed by atoms with Crippen LogP contribution in [0.3, 0.4) is 0 Å². The lowest BCUT2D eigenvalue weighted by Crippen LogP contribution is -2.38. The predicted octanol–water partition coefficient (Wildman–Crippen LogP) is 3.32. The van der Waals surface area contributed by atoms with Gasteiger partial charge >= 0.3 is 0 Å². The van der Waals surface area contributed by atoms with Gasteiger partial charge in [0.2, 0.25) is 0 Å². The van der Waals surface area contributed by atoms with Gasteiger partial charge in [0.15, 0.2) is 0 Å². The van der Waals surface area contributed by atoms with Gasteiger partial charge in [-0.25, -0.2) is 0 Å². The van der Waals surface area contributed by atoms with E-state index in [1.807, 2.05) is 24.3 Å². The van der Waals surface area contributed by atoms with Crippen molar-refractivity contribution in [3.63, 3.8) is 0 Å². The smallest absolute Gasteiger partial charge is 0.264 e. The Bertz CT molecular complexity index is 722. The Morgan fingerprint density at radius 2 is 2.00 bits per heavy atom. The molecule has 1 N–H and O–H groups in total. The molecule has 0 bridgehead atoms. The van der Waals surface area contributed by atoms with Crippen molar-refractivity contribution in [2.75, 3.05) is 6.54 Å². The number of aliphatic hydroxyl groups is 1. The maximum atomic E-state index is 12.9. The number of fused-ring (bicyclic) bond motifs is 2. The summed E-state index contributed by atoms with van der Waals surface area (Å²) in [5.74, 6) is 0.0849. The van der Waals surface area contributed by atoms with Crippen LogP contribution in [0.5, 0.6) is 0 Å². The van der Waals surface area contributed by atoms with Crippen molar-refractivity contribution in [1.82, 2.24) is 4.90 Å². The molecule has 0 fully saturated rings. The van der Waals surface area contributed by atoms with E-state index >= 15 is 0 Å². The first-order valence-corrected chi connectivity index (χ1v) is 8.76. The Hall–Kier alpha value is -1.65. The second kappa shape index (κ2) is 5.52. The van der Waals surface area contributed by atoms with E-state index in [1.54, 1.807) is 16.2 Å². The van der Waals surface area contributed by atoms with E-state index in [-0.39, 0.29) is 5.91 Å². The molecule has 0 radical (unpaired) electrons. The molecule has 1 amide bonds. The van der Waals surface area contributed by atoms with Crippen LogP contribution in [0.2, 0.25) is 0 Å². The number of rotatable bonds is 1. The molecule has 4 rings (SSSR count). The lowest BCUT2D eigenvalue weighted by atomic mass is 9.93. The standard InChI is InChI=1S/C18H19NO2S/c20-16-10-19(9-12-5-1-3-7-14(12)16)18(21)17-15-8-4-2-6-13(15)11-22-17/h1,3,5,7,11,16,20H,2,4,6,8-10H2. The summed E-state index contributed by atoms with van der Waals surface area (Å²) in [6.45, 7) is 0.987. The van der Waals surface area contributed by atoms with Crippen molar-refractivity contribution in [3.05, 3.63) is 56.8 Å². The van der Waals surface area contributed by atoms with E-state index < -0.39 is 6.10 Å². The predicted molar refractivity (Wildman–Crippen MR) is 87.1 cm³/mol. The monoisotopic (exact) mass is 313 g/mol. The third-order valence-corrected chi connectivity index (χ3v) is 5.81. The van der Waals surface area contributed by atoms with Gasteiger partial charge in [-0.05, 0) is 53.3 Å². The van der Waals surface area contributed by atoms with Gasteiger partial charge in [0.05, 0.1) is 17.5 Å². The van der Waals surface area contributed by atoms with E-state index in [1.165, 1.54) is 24.0 Å². The molecule has 1 unspecified atom stereocenters. The van der Waals surface area contributed by atoms with Gasteiger partial charge in [0.25, 0.3) is 5.91 Å². The minimum atomic E-state index is -0.579. The van der Waals surface area contributed by atoms with Crippen LogP contribution in [0.25, 0.3) is 0 Å². The van der Waals surface area contributed by atoms with Crippen LogP contribution < -0.4 is 0 Å². The number of hydrogen-bond acceptors (Lipinski definition) is 3. The van der Waals surface area contributed by atoms with Crippen LogP contribution in [0.1, 0.15) is 50.9 Å². The fraction of sp³-hybridized carbons (Fsp3) is 0.389. The minimum absolute atomic E-state index is 0.0849. The molecular weight excluding hydrogens is 294 g/mol. The number of aryl methyl sites for hydroxylation is 1. The number of amides is 1. The molecule has 0 saturated heterocycles. The Balaban J connectivity index is 1.63. The number of β-amino-alcohol motifs (C(OH)–C–C–N with tert-alkyl or cyclic N) is 1. The topological polar surface area (TPSA) is 40.5 Å². The molecule has 3 nitrogen and oxygen atoms in total. The number of carbonyl (C=O) groups excluding carboxylic acids is 1. The van der Waals surface area contributed by atoms with Crippen molar-refractivity contribution in [1.29, 1.82) is 0 Å². The summed E-state index contributed by atoms with van der Waals surface area (Å²) < 4.78 is 0. The molecule has 4 heteroatoms. The zero-order chi connectivity index (χ0) is 15.1. The maximum absolute atomic E-state index is 12.9. The van der Waals surface area contributed by atoms with Crippen molar-refractivity contribution in [3.8, 4) is 0 Å². The molecule has 2 heterocycles. The molecule has 1 aliphatic heterocycles. The van der Waals surface area contributed by atoms with Gasteiger partial charge in [-0.3, -0.25) is 4.79 Å². The number of aliphatic hydroxyl groups excluding tert-OH is 1. The van der Waals surface area contributed by atoms with Gasteiger partial charge < -0.3 is 10.0 Å². The molecule has 0 saturated carbocycles. The highest BCUT2D eigenvalue weighted by Gasteiger charge is 2.30. The van der Waals surface area contributed by atoms with Gasteiger partial charge in [-0.1, -0.05) is 24.3 Å². The van der Waals surface area contributed by atoms with Crippen LogP contribution in [-0.2, 0) is 19.4 Å². The van der Waals surface area contributed by atoms with E-state index in [4.69, 9.17) is 0 Å². The molecule has 0 spiro atoms. The second-order valence-corrected chi connectivity index (χ2v) is 7.06. The van der Waals surface area contributed by atoms with Crippen LogP contribution in [0.4, 0.5) is 0 Å². The molecule has 1 aliphatic carbocycles. The summed E-state index contributed by atoms with van der Waals surface area (Å²) in [5, 5.41) is 12.5. The number of nitrogens with zero attached hydrogens (tertiary/aromatic N) is 1. The Kier molecular flexibility index (Phi) is 3.51. The summed E-state index contributed by atoms with van der Waals surface area (Å²) in [6.07, 6.45) is 3.95. The molecular formula is C18H19NO2S. The van der Waals surface area contributed by atoms with Crippen LogP contribution in [0.15, 0.2) is 29.6 Å². The molecule has 1 aromatic carbocycles. The number of benzene rings is 1. The molecule has 2 aliphatic rings. The normalized spacial score (nSPS) is 20.4. The highest BCUT2D eigenvalue weighted by molar-refractivity contribution is 7.12. The van der Waals surface area contributed by atoms with Crippen molar-refractivity contribution < 1.29 is 9.90 Å². The summed E-state index contributed by atoms with van der Waals surface area (Å²) in [5.41, 5.74) is 4.63. The highest BCUT2D eigenvalue weighted by atomic mass is 32.1. The zero-order valence-corrected chi connectivity index (χ0v) is 13.2. The summed E-state index contributed by atoms with van der Waals surface area (Å²) in [6, 6.07) is 7.86. The molecule has 1 atom stereocenters. The van der Waals surface area contributed by atoms with E-state index in [0.29, 0.717) is 13.1 Å². The summed E-state index contributed by atoms with van der Waals surface area (Å²) in [4.78, 5) is 15.6. The van der Waals surface area contributed by atoms with E-state index in [2.05, 4.69) is 5.38 Å². The van der Waals surface area contributed by atoms with E-state index in [0.717, 1.165) is 28.8 Å².